The number of phenols is 1. The van der Waals surface area contributed by atoms with Crippen LogP contribution in [0.5, 0.6) is 5.75 Å². The molecule has 0 unspecified atom stereocenters. The summed E-state index contributed by atoms with van der Waals surface area (Å²) in [4.78, 5) is 34.5. The normalized spacial score (nSPS) is 11.5. The zero-order chi connectivity index (χ0) is 22.1. The summed E-state index contributed by atoms with van der Waals surface area (Å²) in [5, 5.41) is 21.3. The van der Waals surface area contributed by atoms with Crippen molar-refractivity contribution >= 4 is 17.8 Å². The molecule has 0 heterocycles. The van der Waals surface area contributed by atoms with E-state index in [-0.39, 0.29) is 31.6 Å². The van der Waals surface area contributed by atoms with E-state index in [4.69, 9.17) is 9.84 Å². The monoisotopic (exact) mass is 417 g/mol. The number of ether oxygens (including phenoxy) is 1. The number of benzene rings is 2. The smallest absolute Gasteiger partial charge is 0.307 e. The van der Waals surface area contributed by atoms with E-state index >= 15 is 0 Å². The van der Waals surface area contributed by atoms with Crippen molar-refractivity contribution in [3.05, 3.63) is 53.8 Å². The van der Waals surface area contributed by atoms with Gasteiger partial charge in [-0.15, -0.1) is 0 Å². The van der Waals surface area contributed by atoms with E-state index in [1.54, 1.807) is 31.2 Å². The first-order valence-corrected chi connectivity index (χ1v) is 9.53. The van der Waals surface area contributed by atoms with E-state index < -0.39 is 29.7 Å². The summed E-state index contributed by atoms with van der Waals surface area (Å²) in [6, 6.07) is 10.0. The topological polar surface area (TPSA) is 113 Å². The van der Waals surface area contributed by atoms with Crippen LogP contribution in [0.2, 0.25) is 0 Å². The Labute approximate surface area is 173 Å². The fourth-order valence-electron chi connectivity index (χ4n) is 2.96. The van der Waals surface area contributed by atoms with Crippen molar-refractivity contribution < 1.29 is 33.7 Å². The molecule has 3 N–H and O–H groups in total. The summed E-state index contributed by atoms with van der Waals surface area (Å²) in [6.07, 6.45) is -0.234. The van der Waals surface area contributed by atoms with Gasteiger partial charge in [0.25, 0.3) is 0 Å². The largest absolute Gasteiger partial charge is 0.507 e. The van der Waals surface area contributed by atoms with Gasteiger partial charge < -0.3 is 20.3 Å². The molecular formula is C22H24FNO6. The third-order valence-electron chi connectivity index (χ3n) is 4.36. The lowest BCUT2D eigenvalue weighted by molar-refractivity contribution is -0.144. The van der Waals surface area contributed by atoms with Gasteiger partial charge in [-0.2, -0.15) is 0 Å². The van der Waals surface area contributed by atoms with Crippen LogP contribution in [0.3, 0.4) is 0 Å². The second-order valence-corrected chi connectivity index (χ2v) is 6.73. The summed E-state index contributed by atoms with van der Waals surface area (Å²) >= 11 is 0. The Morgan fingerprint density at radius 2 is 1.80 bits per heavy atom. The van der Waals surface area contributed by atoms with Crippen LogP contribution in [-0.2, 0) is 25.5 Å². The summed E-state index contributed by atoms with van der Waals surface area (Å²) < 4.78 is 18.4. The quantitative estimate of drug-likeness (QED) is 0.512. The first kappa shape index (κ1) is 22.9. The molecular weight excluding hydrogens is 393 g/mol. The number of hydrogen-bond donors (Lipinski definition) is 3. The second-order valence-electron chi connectivity index (χ2n) is 6.73. The number of nitrogens with one attached hydrogen (secondary N) is 1. The average molecular weight is 417 g/mol. The maximum Gasteiger partial charge on any atom is 0.307 e. The molecule has 2 aromatic carbocycles. The SMILES string of the molecule is CCOC(=O)C[C@@H](Cc1ccc(-c2cc(F)ccc2O)cc1)NC(=O)CCC(=O)O. The van der Waals surface area contributed by atoms with Crippen molar-refractivity contribution in [2.24, 2.45) is 0 Å². The number of esters is 1. The number of rotatable bonds is 10. The third kappa shape index (κ3) is 7.20. The minimum Gasteiger partial charge on any atom is -0.507 e. The zero-order valence-corrected chi connectivity index (χ0v) is 16.6. The molecule has 0 fully saturated rings. The van der Waals surface area contributed by atoms with Crippen LogP contribution in [0.1, 0.15) is 31.7 Å². The predicted molar refractivity (Wildman–Crippen MR) is 107 cm³/mol. The standard InChI is InChI=1S/C22H24FNO6/c1-2-30-22(29)13-17(24-20(26)9-10-21(27)28)11-14-3-5-15(6-4-14)18-12-16(23)7-8-19(18)25/h3-8,12,17,25H,2,9-11,13H2,1H3,(H,24,26)(H,27,28)/t17-/m1/s1. The minimum atomic E-state index is -1.08. The number of carbonyl (C=O) groups excluding carboxylic acids is 2. The van der Waals surface area contributed by atoms with E-state index in [0.717, 1.165) is 5.56 Å². The highest BCUT2D eigenvalue weighted by molar-refractivity contribution is 5.81. The maximum atomic E-state index is 13.5. The zero-order valence-electron chi connectivity index (χ0n) is 16.6. The van der Waals surface area contributed by atoms with Gasteiger partial charge in [-0.3, -0.25) is 14.4 Å². The van der Waals surface area contributed by atoms with Crippen molar-refractivity contribution in [1.29, 1.82) is 0 Å². The number of aromatic hydroxyl groups is 1. The van der Waals surface area contributed by atoms with Crippen molar-refractivity contribution in [1.82, 2.24) is 5.32 Å². The lowest BCUT2D eigenvalue weighted by atomic mass is 9.98. The lowest BCUT2D eigenvalue weighted by Gasteiger charge is -2.18. The second kappa shape index (κ2) is 10.9. The highest BCUT2D eigenvalue weighted by atomic mass is 19.1. The molecule has 8 heteroatoms. The fraction of sp³-hybridized carbons (Fsp3) is 0.318. The van der Waals surface area contributed by atoms with E-state index in [0.29, 0.717) is 17.5 Å². The Balaban J connectivity index is 2.11. The Morgan fingerprint density at radius 1 is 1.10 bits per heavy atom. The molecule has 0 aliphatic carbocycles. The van der Waals surface area contributed by atoms with Crippen molar-refractivity contribution in [3.8, 4) is 16.9 Å². The highest BCUT2D eigenvalue weighted by Crippen LogP contribution is 2.30. The summed E-state index contributed by atoms with van der Waals surface area (Å²) in [6.45, 7) is 1.89. The number of phenolic OH excluding ortho intramolecular Hbond substituents is 1. The summed E-state index contributed by atoms with van der Waals surface area (Å²) in [5.41, 5.74) is 1.76. The van der Waals surface area contributed by atoms with Gasteiger partial charge in [0.2, 0.25) is 5.91 Å². The van der Waals surface area contributed by atoms with Crippen LogP contribution >= 0.6 is 0 Å². The number of amides is 1. The number of hydrogen-bond acceptors (Lipinski definition) is 5. The van der Waals surface area contributed by atoms with Crippen LogP contribution in [-0.4, -0.2) is 40.7 Å². The molecule has 2 rings (SSSR count). The van der Waals surface area contributed by atoms with Gasteiger partial charge in [0.1, 0.15) is 11.6 Å². The molecule has 7 nitrogen and oxygen atoms in total. The maximum absolute atomic E-state index is 13.5. The van der Waals surface area contributed by atoms with Crippen molar-refractivity contribution in [2.45, 2.75) is 38.6 Å². The van der Waals surface area contributed by atoms with Crippen LogP contribution in [0.4, 0.5) is 4.39 Å². The van der Waals surface area contributed by atoms with Gasteiger partial charge in [0.05, 0.1) is 19.4 Å². The summed E-state index contributed by atoms with van der Waals surface area (Å²) in [5.74, 6) is -2.53. The average Bonchev–Trinajstić information content (AvgIpc) is 2.69. The lowest BCUT2D eigenvalue weighted by Crippen LogP contribution is -2.38. The number of aliphatic carboxylic acids is 1. The van der Waals surface area contributed by atoms with Crippen LogP contribution in [0.25, 0.3) is 11.1 Å². The van der Waals surface area contributed by atoms with E-state index in [2.05, 4.69) is 5.32 Å². The van der Waals surface area contributed by atoms with Crippen molar-refractivity contribution in [3.63, 3.8) is 0 Å². The Morgan fingerprint density at radius 3 is 2.43 bits per heavy atom. The number of carbonyl (C=O) groups is 3. The van der Waals surface area contributed by atoms with Crippen molar-refractivity contribution in [2.75, 3.05) is 6.61 Å². The Bertz CT molecular complexity index is 897. The molecule has 0 aliphatic heterocycles. The molecule has 1 amide bonds. The van der Waals surface area contributed by atoms with E-state index in [9.17, 15) is 23.9 Å². The van der Waals surface area contributed by atoms with Crippen LogP contribution < -0.4 is 5.32 Å². The Kier molecular flexibility index (Phi) is 8.34. The van der Waals surface area contributed by atoms with E-state index in [1.165, 1.54) is 18.2 Å². The van der Waals surface area contributed by atoms with Gasteiger partial charge in [-0.1, -0.05) is 24.3 Å². The minimum absolute atomic E-state index is 0.0463. The van der Waals surface area contributed by atoms with Gasteiger partial charge in [-0.25, -0.2) is 4.39 Å². The molecule has 2 aromatic rings. The van der Waals surface area contributed by atoms with Crippen LogP contribution in [0, 0.1) is 5.82 Å². The Hall–Kier alpha value is -3.42. The van der Waals surface area contributed by atoms with Gasteiger partial charge in [0.15, 0.2) is 0 Å². The fourth-order valence-corrected chi connectivity index (χ4v) is 2.96. The summed E-state index contributed by atoms with van der Waals surface area (Å²) in [7, 11) is 0. The first-order chi connectivity index (χ1) is 14.3. The third-order valence-corrected chi connectivity index (χ3v) is 4.36. The van der Waals surface area contributed by atoms with Crippen LogP contribution in [0.15, 0.2) is 42.5 Å². The molecule has 0 aromatic heterocycles. The van der Waals surface area contributed by atoms with Gasteiger partial charge in [-0.05, 0) is 42.7 Å². The molecule has 0 bridgehead atoms. The number of halogens is 1. The molecule has 0 aliphatic rings. The molecule has 0 radical (unpaired) electrons. The predicted octanol–water partition coefficient (Wildman–Crippen LogP) is 3.04. The van der Waals surface area contributed by atoms with Gasteiger partial charge >= 0.3 is 11.9 Å². The molecule has 0 saturated heterocycles. The first-order valence-electron chi connectivity index (χ1n) is 9.53. The molecule has 1 atom stereocenters. The van der Waals surface area contributed by atoms with E-state index in [1.807, 2.05) is 0 Å². The number of carboxylic acid groups (broad SMARTS) is 1. The molecule has 160 valence electrons. The molecule has 0 spiro atoms. The molecule has 30 heavy (non-hydrogen) atoms. The number of carboxylic acids is 1. The van der Waals surface area contributed by atoms with Gasteiger partial charge in [0, 0.05) is 18.0 Å². The highest BCUT2D eigenvalue weighted by Gasteiger charge is 2.19. The molecule has 0 saturated carbocycles.